The van der Waals surface area contributed by atoms with Crippen molar-refractivity contribution in [3.8, 4) is 5.75 Å². The Kier molecular flexibility index (Phi) is 5.98. The Labute approximate surface area is 146 Å². The highest BCUT2D eigenvalue weighted by atomic mass is 32.2. The largest absolute Gasteiger partial charge is 0.497 e. The number of amides is 1. The van der Waals surface area contributed by atoms with E-state index in [0.29, 0.717) is 29.4 Å². The maximum absolute atomic E-state index is 12.4. The SMILES string of the molecule is CCN(CC)S(=O)(=O)c1csc(C(=O)Nc2ccc(OC)cc2)c1. The predicted molar refractivity (Wildman–Crippen MR) is 95.4 cm³/mol. The normalized spacial score (nSPS) is 11.5. The summed E-state index contributed by atoms with van der Waals surface area (Å²) in [6.45, 7) is 4.35. The van der Waals surface area contributed by atoms with Crippen molar-refractivity contribution >= 4 is 33.0 Å². The van der Waals surface area contributed by atoms with Crippen LogP contribution in [0.1, 0.15) is 23.5 Å². The molecule has 2 aromatic rings. The minimum atomic E-state index is -3.55. The van der Waals surface area contributed by atoms with Crippen molar-refractivity contribution in [3.05, 3.63) is 40.6 Å². The summed E-state index contributed by atoms with van der Waals surface area (Å²) in [6.07, 6.45) is 0. The molecule has 130 valence electrons. The molecule has 2 rings (SSSR count). The summed E-state index contributed by atoms with van der Waals surface area (Å²) >= 11 is 1.11. The van der Waals surface area contributed by atoms with Gasteiger partial charge < -0.3 is 10.1 Å². The Hall–Kier alpha value is -1.90. The number of nitrogens with zero attached hydrogens (tertiary/aromatic N) is 1. The molecule has 1 aromatic heterocycles. The van der Waals surface area contributed by atoms with E-state index in [1.54, 1.807) is 45.2 Å². The van der Waals surface area contributed by atoms with E-state index in [2.05, 4.69) is 5.32 Å². The zero-order valence-corrected chi connectivity index (χ0v) is 15.4. The molecule has 0 aliphatic heterocycles. The lowest BCUT2D eigenvalue weighted by atomic mass is 10.3. The maximum atomic E-state index is 12.4. The van der Waals surface area contributed by atoms with Gasteiger partial charge in [-0.1, -0.05) is 13.8 Å². The van der Waals surface area contributed by atoms with Crippen LogP contribution in [0.4, 0.5) is 5.69 Å². The number of ether oxygens (including phenoxy) is 1. The summed E-state index contributed by atoms with van der Waals surface area (Å²) in [5, 5.41) is 4.24. The van der Waals surface area contributed by atoms with Crippen LogP contribution in [-0.2, 0) is 10.0 Å². The third-order valence-corrected chi connectivity index (χ3v) is 6.60. The molecule has 0 atom stereocenters. The molecule has 1 aromatic carbocycles. The fourth-order valence-electron chi connectivity index (χ4n) is 2.15. The van der Waals surface area contributed by atoms with Gasteiger partial charge in [0, 0.05) is 24.2 Å². The third-order valence-electron chi connectivity index (χ3n) is 3.49. The van der Waals surface area contributed by atoms with E-state index in [0.717, 1.165) is 11.3 Å². The van der Waals surface area contributed by atoms with Gasteiger partial charge in [-0.15, -0.1) is 11.3 Å². The lowest BCUT2D eigenvalue weighted by molar-refractivity contribution is 0.103. The van der Waals surface area contributed by atoms with Crippen LogP contribution in [0.15, 0.2) is 40.6 Å². The van der Waals surface area contributed by atoms with Gasteiger partial charge in [0.05, 0.1) is 16.9 Å². The van der Waals surface area contributed by atoms with Crippen molar-refractivity contribution in [2.24, 2.45) is 0 Å². The van der Waals surface area contributed by atoms with E-state index < -0.39 is 10.0 Å². The maximum Gasteiger partial charge on any atom is 0.265 e. The second-order valence-corrected chi connectivity index (χ2v) is 7.77. The van der Waals surface area contributed by atoms with Crippen molar-refractivity contribution in [1.29, 1.82) is 0 Å². The molecule has 0 saturated heterocycles. The number of rotatable bonds is 7. The van der Waals surface area contributed by atoms with Crippen molar-refractivity contribution in [1.82, 2.24) is 4.31 Å². The average molecular weight is 368 g/mol. The van der Waals surface area contributed by atoms with E-state index >= 15 is 0 Å². The third kappa shape index (κ3) is 3.95. The average Bonchev–Trinajstić information content (AvgIpc) is 3.07. The lowest BCUT2D eigenvalue weighted by Crippen LogP contribution is -2.30. The molecule has 0 aliphatic rings. The molecule has 1 heterocycles. The van der Waals surface area contributed by atoms with Crippen LogP contribution in [0, 0.1) is 0 Å². The summed E-state index contributed by atoms with van der Waals surface area (Å²) in [4.78, 5) is 12.8. The molecule has 0 bridgehead atoms. The smallest absolute Gasteiger partial charge is 0.265 e. The molecule has 0 unspecified atom stereocenters. The summed E-state index contributed by atoms with van der Waals surface area (Å²) < 4.78 is 31.3. The molecule has 0 saturated carbocycles. The van der Waals surface area contributed by atoms with Crippen LogP contribution in [0.25, 0.3) is 0 Å². The number of hydrogen-bond acceptors (Lipinski definition) is 5. The van der Waals surface area contributed by atoms with Gasteiger partial charge in [0.1, 0.15) is 5.75 Å². The molecule has 24 heavy (non-hydrogen) atoms. The first kappa shape index (κ1) is 18.4. The fraction of sp³-hybridized carbons (Fsp3) is 0.312. The molecular weight excluding hydrogens is 348 g/mol. The summed E-state index contributed by atoms with van der Waals surface area (Å²) in [5.74, 6) is 0.350. The Balaban J connectivity index is 2.16. The van der Waals surface area contributed by atoms with E-state index in [1.165, 1.54) is 15.8 Å². The molecule has 1 N–H and O–H groups in total. The van der Waals surface area contributed by atoms with Crippen LogP contribution in [0.5, 0.6) is 5.75 Å². The van der Waals surface area contributed by atoms with Crippen LogP contribution < -0.4 is 10.1 Å². The Morgan fingerprint density at radius 1 is 1.21 bits per heavy atom. The highest BCUT2D eigenvalue weighted by Crippen LogP contribution is 2.24. The van der Waals surface area contributed by atoms with Gasteiger partial charge >= 0.3 is 0 Å². The number of hydrogen-bond donors (Lipinski definition) is 1. The van der Waals surface area contributed by atoms with Crippen LogP contribution in [0.2, 0.25) is 0 Å². The zero-order chi connectivity index (χ0) is 17.7. The number of nitrogens with one attached hydrogen (secondary N) is 1. The quantitative estimate of drug-likeness (QED) is 0.815. The highest BCUT2D eigenvalue weighted by molar-refractivity contribution is 7.89. The molecule has 8 heteroatoms. The van der Waals surface area contributed by atoms with Gasteiger partial charge in [-0.25, -0.2) is 8.42 Å². The molecule has 6 nitrogen and oxygen atoms in total. The summed E-state index contributed by atoms with van der Waals surface area (Å²) in [7, 11) is -1.98. The number of sulfonamides is 1. The van der Waals surface area contributed by atoms with Gasteiger partial charge in [-0.3, -0.25) is 4.79 Å². The molecular formula is C16H20N2O4S2. The second kappa shape index (κ2) is 7.78. The number of thiophene rings is 1. The van der Waals surface area contributed by atoms with E-state index in [1.807, 2.05) is 0 Å². The number of carbonyl (C=O) groups is 1. The second-order valence-electron chi connectivity index (χ2n) is 4.92. The first-order valence-electron chi connectivity index (χ1n) is 7.46. The minimum absolute atomic E-state index is 0.149. The number of anilines is 1. The van der Waals surface area contributed by atoms with Crippen LogP contribution in [0.3, 0.4) is 0 Å². The van der Waals surface area contributed by atoms with Crippen molar-refractivity contribution in [2.75, 3.05) is 25.5 Å². The van der Waals surface area contributed by atoms with Crippen LogP contribution >= 0.6 is 11.3 Å². The van der Waals surface area contributed by atoms with Gasteiger partial charge in [-0.2, -0.15) is 4.31 Å². The predicted octanol–water partition coefficient (Wildman–Crippen LogP) is 3.04. The number of benzene rings is 1. The number of methoxy groups -OCH3 is 1. The summed E-state index contributed by atoms with van der Waals surface area (Å²) in [5.41, 5.74) is 0.613. The van der Waals surface area contributed by atoms with Gasteiger partial charge in [0.15, 0.2) is 0 Å². The standard InChI is InChI=1S/C16H20N2O4S2/c1-4-18(5-2)24(20,21)14-10-15(23-11-14)16(19)17-12-6-8-13(22-3)9-7-12/h6-11H,4-5H2,1-3H3,(H,17,19). The molecule has 0 spiro atoms. The van der Waals surface area contributed by atoms with E-state index in [4.69, 9.17) is 4.74 Å². The first-order chi connectivity index (χ1) is 11.4. The minimum Gasteiger partial charge on any atom is -0.497 e. The van der Waals surface area contributed by atoms with Gasteiger partial charge in [-0.05, 0) is 30.3 Å². The van der Waals surface area contributed by atoms with Crippen molar-refractivity contribution in [3.63, 3.8) is 0 Å². The zero-order valence-electron chi connectivity index (χ0n) is 13.8. The molecule has 0 aliphatic carbocycles. The molecule has 1 amide bonds. The fourth-order valence-corrected chi connectivity index (χ4v) is 4.77. The van der Waals surface area contributed by atoms with Crippen molar-refractivity contribution in [2.45, 2.75) is 18.7 Å². The Morgan fingerprint density at radius 3 is 2.38 bits per heavy atom. The van der Waals surface area contributed by atoms with E-state index in [-0.39, 0.29) is 10.8 Å². The molecule has 0 radical (unpaired) electrons. The van der Waals surface area contributed by atoms with E-state index in [9.17, 15) is 13.2 Å². The Bertz CT molecular complexity index is 794. The first-order valence-corrected chi connectivity index (χ1v) is 9.78. The monoisotopic (exact) mass is 368 g/mol. The topological polar surface area (TPSA) is 75.7 Å². The van der Waals surface area contributed by atoms with Gasteiger partial charge in [0.2, 0.25) is 10.0 Å². The van der Waals surface area contributed by atoms with Crippen molar-refractivity contribution < 1.29 is 17.9 Å². The summed E-state index contributed by atoms with van der Waals surface area (Å²) in [6, 6.07) is 8.33. The Morgan fingerprint density at radius 2 is 1.83 bits per heavy atom. The molecule has 0 fully saturated rings. The van der Waals surface area contributed by atoms with Crippen LogP contribution in [-0.4, -0.2) is 38.8 Å². The number of carbonyl (C=O) groups excluding carboxylic acids is 1. The lowest BCUT2D eigenvalue weighted by Gasteiger charge is -2.17. The van der Waals surface area contributed by atoms with Gasteiger partial charge in [0.25, 0.3) is 5.91 Å². The highest BCUT2D eigenvalue weighted by Gasteiger charge is 2.24.